The van der Waals surface area contributed by atoms with Gasteiger partial charge < -0.3 is 20.1 Å². The molecule has 1 aromatic carbocycles. The van der Waals surface area contributed by atoms with Crippen LogP contribution < -0.4 is 20.1 Å². The molecule has 0 aliphatic carbocycles. The molecule has 0 aliphatic heterocycles. The molecule has 0 fully saturated rings. The Bertz CT molecular complexity index is 1300. The van der Waals surface area contributed by atoms with Crippen LogP contribution >= 0.6 is 23.2 Å². The van der Waals surface area contributed by atoms with Crippen molar-refractivity contribution in [2.75, 3.05) is 24.9 Å². The molecule has 0 saturated heterocycles. The van der Waals surface area contributed by atoms with Gasteiger partial charge in [0.05, 0.1) is 43.9 Å². The summed E-state index contributed by atoms with van der Waals surface area (Å²) in [4.78, 5) is 17.5. The summed E-state index contributed by atoms with van der Waals surface area (Å²) in [5.74, 6) is 1.95. The standard InChI is InChI=1S/C22H20Cl2N8O2/c1-4-8-32-11-13(10-28-32)29-22-27-12-26-21(31-22)14-6-5-7-25-20(14)30-19-17(23)15(33-2)9-16(34-3)18(19)24/h4-7,9-12H,1,8H2,2-3H3,(H,25,30)(H,26,27,29,31). The maximum atomic E-state index is 6.51. The maximum absolute atomic E-state index is 6.51. The van der Waals surface area contributed by atoms with Crippen LogP contribution in [0.2, 0.25) is 10.0 Å². The third-order valence-electron chi connectivity index (χ3n) is 4.64. The lowest BCUT2D eigenvalue weighted by Gasteiger charge is -2.17. The number of halogens is 2. The Balaban J connectivity index is 1.67. The second-order valence-corrected chi connectivity index (χ2v) is 7.56. The minimum atomic E-state index is 0.277. The molecule has 0 atom stereocenters. The van der Waals surface area contributed by atoms with Gasteiger partial charge in [-0.15, -0.1) is 6.58 Å². The molecule has 3 aromatic heterocycles. The number of hydrogen-bond acceptors (Lipinski definition) is 9. The van der Waals surface area contributed by atoms with Crippen molar-refractivity contribution < 1.29 is 9.47 Å². The Morgan fingerprint density at radius 3 is 2.56 bits per heavy atom. The summed E-state index contributed by atoms with van der Waals surface area (Å²) in [6, 6.07) is 5.19. The molecule has 12 heteroatoms. The lowest BCUT2D eigenvalue weighted by atomic mass is 10.2. The average molecular weight is 499 g/mol. The molecule has 0 saturated carbocycles. The highest BCUT2D eigenvalue weighted by Crippen LogP contribution is 2.45. The number of methoxy groups -OCH3 is 2. The van der Waals surface area contributed by atoms with E-state index in [-0.39, 0.29) is 10.0 Å². The predicted molar refractivity (Wildman–Crippen MR) is 132 cm³/mol. The van der Waals surface area contributed by atoms with Crippen LogP contribution in [0.15, 0.2) is 55.8 Å². The van der Waals surface area contributed by atoms with Crippen molar-refractivity contribution in [1.82, 2.24) is 29.7 Å². The summed E-state index contributed by atoms with van der Waals surface area (Å²) in [7, 11) is 3.01. The summed E-state index contributed by atoms with van der Waals surface area (Å²) >= 11 is 13.0. The summed E-state index contributed by atoms with van der Waals surface area (Å²) in [5, 5.41) is 11.1. The van der Waals surface area contributed by atoms with Crippen LogP contribution in [0.5, 0.6) is 11.5 Å². The van der Waals surface area contributed by atoms with Crippen molar-refractivity contribution in [2.45, 2.75) is 6.54 Å². The number of nitrogens with one attached hydrogen (secondary N) is 2. The molecular weight excluding hydrogens is 479 g/mol. The number of benzene rings is 1. The molecule has 3 heterocycles. The maximum Gasteiger partial charge on any atom is 0.230 e. The molecule has 34 heavy (non-hydrogen) atoms. The zero-order valence-corrected chi connectivity index (χ0v) is 19.8. The van der Waals surface area contributed by atoms with Crippen LogP contribution in [-0.2, 0) is 6.54 Å². The van der Waals surface area contributed by atoms with E-state index in [1.165, 1.54) is 20.5 Å². The highest BCUT2D eigenvalue weighted by atomic mass is 35.5. The van der Waals surface area contributed by atoms with Gasteiger partial charge in [-0.05, 0) is 12.1 Å². The van der Waals surface area contributed by atoms with Crippen LogP contribution in [0, 0.1) is 0 Å². The first-order chi connectivity index (χ1) is 16.5. The molecular formula is C22H20Cl2N8O2. The van der Waals surface area contributed by atoms with E-state index in [1.54, 1.807) is 35.3 Å². The Labute approximate surface area is 205 Å². The van der Waals surface area contributed by atoms with Crippen molar-refractivity contribution in [3.8, 4) is 22.9 Å². The van der Waals surface area contributed by atoms with E-state index in [1.807, 2.05) is 12.3 Å². The second kappa shape index (κ2) is 10.4. The van der Waals surface area contributed by atoms with E-state index in [0.29, 0.717) is 46.9 Å². The number of pyridine rings is 1. The molecule has 2 N–H and O–H groups in total. The van der Waals surface area contributed by atoms with Crippen molar-refractivity contribution >= 4 is 46.3 Å². The van der Waals surface area contributed by atoms with Crippen molar-refractivity contribution in [1.29, 1.82) is 0 Å². The van der Waals surface area contributed by atoms with Gasteiger partial charge >= 0.3 is 0 Å². The fraction of sp³-hybridized carbons (Fsp3) is 0.136. The first kappa shape index (κ1) is 23.3. The smallest absolute Gasteiger partial charge is 0.230 e. The fourth-order valence-corrected chi connectivity index (χ4v) is 3.67. The molecule has 0 spiro atoms. The monoisotopic (exact) mass is 498 g/mol. The van der Waals surface area contributed by atoms with Crippen LogP contribution in [0.4, 0.5) is 23.1 Å². The molecule has 0 unspecified atom stereocenters. The van der Waals surface area contributed by atoms with Crippen LogP contribution in [0.1, 0.15) is 0 Å². The highest BCUT2D eigenvalue weighted by molar-refractivity contribution is 6.41. The summed E-state index contributed by atoms with van der Waals surface area (Å²) in [6.45, 7) is 4.30. The second-order valence-electron chi connectivity index (χ2n) is 6.81. The Morgan fingerprint density at radius 2 is 1.85 bits per heavy atom. The number of aromatic nitrogens is 6. The zero-order chi connectivity index (χ0) is 24.1. The number of rotatable bonds is 9. The summed E-state index contributed by atoms with van der Waals surface area (Å²) in [5.41, 5.74) is 1.70. The topological polar surface area (TPSA) is 112 Å². The molecule has 0 amide bonds. The molecule has 0 radical (unpaired) electrons. The minimum Gasteiger partial charge on any atom is -0.495 e. The lowest BCUT2D eigenvalue weighted by molar-refractivity contribution is 0.395. The van der Waals surface area contributed by atoms with Crippen molar-refractivity contribution in [3.05, 3.63) is 65.8 Å². The molecule has 0 aliphatic rings. The zero-order valence-electron chi connectivity index (χ0n) is 18.3. The van der Waals surface area contributed by atoms with Gasteiger partial charge in [-0.3, -0.25) is 4.68 Å². The normalized spacial score (nSPS) is 10.6. The fourth-order valence-electron chi connectivity index (χ4n) is 3.07. The van der Waals surface area contributed by atoms with E-state index in [9.17, 15) is 0 Å². The van der Waals surface area contributed by atoms with Crippen LogP contribution in [0.3, 0.4) is 0 Å². The SMILES string of the molecule is C=CCn1cc(Nc2ncnc(-c3cccnc3Nc3c(Cl)c(OC)cc(OC)c3Cl)n2)cn1. The van der Waals surface area contributed by atoms with E-state index >= 15 is 0 Å². The van der Waals surface area contributed by atoms with E-state index in [4.69, 9.17) is 32.7 Å². The first-order valence-corrected chi connectivity index (χ1v) is 10.7. The van der Waals surface area contributed by atoms with Crippen molar-refractivity contribution in [3.63, 3.8) is 0 Å². The Hall–Kier alpha value is -3.89. The van der Waals surface area contributed by atoms with Gasteiger partial charge in [0.2, 0.25) is 5.95 Å². The largest absolute Gasteiger partial charge is 0.495 e. The number of hydrogen-bond donors (Lipinski definition) is 2. The van der Waals surface area contributed by atoms with E-state index < -0.39 is 0 Å². The molecule has 10 nitrogen and oxygen atoms in total. The first-order valence-electron chi connectivity index (χ1n) is 9.95. The van der Waals surface area contributed by atoms with Gasteiger partial charge in [0.15, 0.2) is 5.82 Å². The third kappa shape index (κ3) is 4.87. The van der Waals surface area contributed by atoms with Crippen LogP contribution in [0.25, 0.3) is 11.4 Å². The third-order valence-corrected chi connectivity index (χ3v) is 5.39. The number of anilines is 4. The van der Waals surface area contributed by atoms with Gasteiger partial charge in [0, 0.05) is 18.5 Å². The number of allylic oxidation sites excluding steroid dienone is 1. The van der Waals surface area contributed by atoms with Crippen LogP contribution in [-0.4, -0.2) is 43.9 Å². The Kier molecular flexibility index (Phi) is 7.09. The van der Waals surface area contributed by atoms with Crippen molar-refractivity contribution in [2.24, 2.45) is 0 Å². The van der Waals surface area contributed by atoms with Gasteiger partial charge in [-0.25, -0.2) is 15.0 Å². The minimum absolute atomic E-state index is 0.277. The predicted octanol–water partition coefficient (Wildman–Crippen LogP) is 5.13. The molecule has 174 valence electrons. The van der Waals surface area contributed by atoms with Gasteiger partial charge in [-0.1, -0.05) is 29.3 Å². The van der Waals surface area contributed by atoms with Gasteiger partial charge in [-0.2, -0.15) is 10.1 Å². The highest BCUT2D eigenvalue weighted by Gasteiger charge is 2.20. The van der Waals surface area contributed by atoms with Gasteiger partial charge in [0.1, 0.15) is 33.7 Å². The lowest BCUT2D eigenvalue weighted by Crippen LogP contribution is -2.03. The van der Waals surface area contributed by atoms with E-state index in [2.05, 4.69) is 42.2 Å². The quantitative estimate of drug-likeness (QED) is 0.303. The summed E-state index contributed by atoms with van der Waals surface area (Å²) < 4.78 is 12.4. The van der Waals surface area contributed by atoms with Gasteiger partial charge in [0.25, 0.3) is 0 Å². The number of ether oxygens (including phenoxy) is 2. The van der Waals surface area contributed by atoms with E-state index in [0.717, 1.165) is 5.69 Å². The molecule has 0 bridgehead atoms. The molecule has 4 rings (SSSR count). The number of nitrogens with zero attached hydrogens (tertiary/aromatic N) is 6. The molecule has 4 aromatic rings. The average Bonchev–Trinajstić information content (AvgIpc) is 3.29. The Morgan fingerprint density at radius 1 is 1.09 bits per heavy atom. The summed E-state index contributed by atoms with van der Waals surface area (Å²) in [6.07, 6.45) is 8.28.